The molecular formula is C27H27N3O2S. The van der Waals surface area contributed by atoms with Crippen LogP contribution in [0.4, 0.5) is 0 Å². The maximum atomic E-state index is 12.5. The lowest BCUT2D eigenvalue weighted by Crippen LogP contribution is -2.27. The highest BCUT2D eigenvalue weighted by Gasteiger charge is 2.32. The van der Waals surface area contributed by atoms with E-state index in [2.05, 4.69) is 22.7 Å². The molecule has 3 aromatic rings. The Labute approximate surface area is 198 Å². The van der Waals surface area contributed by atoms with Gasteiger partial charge in [-0.25, -0.2) is 5.43 Å². The molecule has 0 radical (unpaired) electrons. The van der Waals surface area contributed by atoms with Crippen LogP contribution in [-0.4, -0.2) is 28.2 Å². The molecule has 33 heavy (non-hydrogen) atoms. The number of hydrogen-bond donors (Lipinski definition) is 1. The summed E-state index contributed by atoms with van der Waals surface area (Å²) < 4.78 is 0. The fourth-order valence-corrected chi connectivity index (χ4v) is 4.90. The predicted octanol–water partition coefficient (Wildman–Crippen LogP) is 5.20. The van der Waals surface area contributed by atoms with Gasteiger partial charge in [0.1, 0.15) is 5.37 Å². The lowest BCUT2D eigenvalue weighted by atomic mass is 10.1. The van der Waals surface area contributed by atoms with Crippen LogP contribution in [-0.2, 0) is 17.8 Å². The first kappa shape index (κ1) is 22.8. The minimum absolute atomic E-state index is 0.0481. The van der Waals surface area contributed by atoms with E-state index in [4.69, 9.17) is 0 Å². The number of nitrogens with zero attached hydrogens (tertiary/aromatic N) is 2. The van der Waals surface area contributed by atoms with Gasteiger partial charge in [0, 0.05) is 17.8 Å². The number of benzene rings is 3. The van der Waals surface area contributed by atoms with Crippen molar-refractivity contribution in [1.29, 1.82) is 0 Å². The number of hydrazone groups is 1. The van der Waals surface area contributed by atoms with Gasteiger partial charge in [-0.15, -0.1) is 11.8 Å². The van der Waals surface area contributed by atoms with Crippen molar-refractivity contribution in [1.82, 2.24) is 10.3 Å². The molecule has 6 heteroatoms. The summed E-state index contributed by atoms with van der Waals surface area (Å²) in [4.78, 5) is 26.9. The van der Waals surface area contributed by atoms with Crippen molar-refractivity contribution in [3.05, 3.63) is 107 Å². The molecule has 0 spiro atoms. The van der Waals surface area contributed by atoms with Crippen molar-refractivity contribution in [2.45, 2.75) is 31.7 Å². The fourth-order valence-electron chi connectivity index (χ4n) is 3.72. The Kier molecular flexibility index (Phi) is 7.58. The lowest BCUT2D eigenvalue weighted by Gasteiger charge is -2.24. The average Bonchev–Trinajstić information content (AvgIpc) is 3.22. The number of carbonyl (C=O) groups is 2. The van der Waals surface area contributed by atoms with E-state index < -0.39 is 0 Å². The number of aryl methyl sites for hydroxylation is 1. The summed E-state index contributed by atoms with van der Waals surface area (Å²) in [5.41, 5.74) is 7.44. The molecule has 0 bridgehead atoms. The average molecular weight is 458 g/mol. The first-order valence-corrected chi connectivity index (χ1v) is 12.1. The zero-order chi connectivity index (χ0) is 23.0. The highest BCUT2D eigenvalue weighted by Crippen LogP contribution is 2.39. The van der Waals surface area contributed by atoms with Crippen molar-refractivity contribution in [2.24, 2.45) is 5.10 Å². The van der Waals surface area contributed by atoms with Gasteiger partial charge < -0.3 is 4.90 Å². The molecule has 0 saturated carbocycles. The van der Waals surface area contributed by atoms with Crippen LogP contribution in [0.1, 0.15) is 45.8 Å². The number of amides is 2. The maximum Gasteiger partial charge on any atom is 0.271 e. The third kappa shape index (κ3) is 6.11. The molecule has 2 amide bonds. The van der Waals surface area contributed by atoms with Gasteiger partial charge in [0.05, 0.1) is 5.75 Å². The van der Waals surface area contributed by atoms with E-state index in [-0.39, 0.29) is 17.2 Å². The zero-order valence-electron chi connectivity index (χ0n) is 18.6. The second-order valence-electron chi connectivity index (χ2n) is 8.07. The minimum Gasteiger partial charge on any atom is -0.322 e. The van der Waals surface area contributed by atoms with Crippen LogP contribution in [0.15, 0.2) is 90.0 Å². The molecule has 0 unspecified atom stereocenters. The van der Waals surface area contributed by atoms with Crippen LogP contribution >= 0.6 is 11.8 Å². The molecule has 1 aliphatic heterocycles. The third-order valence-corrected chi connectivity index (χ3v) is 6.84. The van der Waals surface area contributed by atoms with E-state index >= 15 is 0 Å². The molecule has 0 aliphatic carbocycles. The van der Waals surface area contributed by atoms with Crippen molar-refractivity contribution in [2.75, 3.05) is 5.75 Å². The number of carbonyl (C=O) groups excluding carboxylic acids is 2. The molecule has 1 N–H and O–H groups in total. The van der Waals surface area contributed by atoms with E-state index in [1.807, 2.05) is 72.5 Å². The standard InChI is InChI=1S/C27H27N3O2S/c1-20(12-13-21-8-4-2-5-9-21)28-29-26(32)23-14-16-24(17-15-23)27-30(25(31)19-33-27)18-22-10-6-3-7-11-22/h2-11,14-17,27H,12-13,18-19H2,1H3,(H,29,32)/b28-20+/t27-/m0/s1. The van der Waals surface area contributed by atoms with Crippen LogP contribution in [0.2, 0.25) is 0 Å². The Morgan fingerprint density at radius 1 is 0.970 bits per heavy atom. The van der Waals surface area contributed by atoms with Gasteiger partial charge in [-0.05, 0) is 48.6 Å². The number of thioether (sulfide) groups is 1. The Morgan fingerprint density at radius 3 is 2.27 bits per heavy atom. The zero-order valence-corrected chi connectivity index (χ0v) is 19.4. The molecule has 1 atom stereocenters. The summed E-state index contributed by atoms with van der Waals surface area (Å²) in [6.45, 7) is 2.50. The summed E-state index contributed by atoms with van der Waals surface area (Å²) in [6, 6.07) is 27.7. The van der Waals surface area contributed by atoms with Crippen LogP contribution in [0.25, 0.3) is 0 Å². The summed E-state index contributed by atoms with van der Waals surface area (Å²) >= 11 is 1.62. The summed E-state index contributed by atoms with van der Waals surface area (Å²) in [6.07, 6.45) is 1.67. The Balaban J connectivity index is 1.35. The number of rotatable bonds is 8. The summed E-state index contributed by atoms with van der Waals surface area (Å²) in [5, 5.41) is 4.20. The molecule has 5 nitrogen and oxygen atoms in total. The normalized spacial score (nSPS) is 16.2. The monoisotopic (exact) mass is 457 g/mol. The molecule has 1 saturated heterocycles. The first-order chi connectivity index (χ1) is 16.1. The predicted molar refractivity (Wildman–Crippen MR) is 134 cm³/mol. The quantitative estimate of drug-likeness (QED) is 0.374. The summed E-state index contributed by atoms with van der Waals surface area (Å²) in [5.74, 6) is 0.365. The van der Waals surface area contributed by atoms with Crippen molar-refractivity contribution < 1.29 is 9.59 Å². The Bertz CT molecular complexity index is 1120. The highest BCUT2D eigenvalue weighted by atomic mass is 32.2. The number of nitrogens with one attached hydrogen (secondary N) is 1. The fraction of sp³-hybridized carbons (Fsp3) is 0.222. The van der Waals surface area contributed by atoms with E-state index in [9.17, 15) is 9.59 Å². The highest BCUT2D eigenvalue weighted by molar-refractivity contribution is 8.00. The van der Waals surface area contributed by atoms with Crippen molar-refractivity contribution >= 4 is 29.3 Å². The van der Waals surface area contributed by atoms with Crippen LogP contribution in [0.5, 0.6) is 0 Å². The maximum absolute atomic E-state index is 12.5. The van der Waals surface area contributed by atoms with Crippen molar-refractivity contribution in [3.63, 3.8) is 0 Å². The SMILES string of the molecule is C/C(CCc1ccccc1)=N\NC(=O)c1ccc([C@@H]2SCC(=O)N2Cc2ccccc2)cc1. The lowest BCUT2D eigenvalue weighted by molar-refractivity contribution is -0.128. The first-order valence-electron chi connectivity index (χ1n) is 11.0. The van der Waals surface area contributed by atoms with Gasteiger partial charge in [-0.3, -0.25) is 9.59 Å². The van der Waals surface area contributed by atoms with Crippen molar-refractivity contribution in [3.8, 4) is 0 Å². The van der Waals surface area contributed by atoms with Crippen LogP contribution in [0, 0.1) is 0 Å². The van der Waals surface area contributed by atoms with Crippen LogP contribution < -0.4 is 5.43 Å². The van der Waals surface area contributed by atoms with Gasteiger partial charge in [-0.2, -0.15) is 5.10 Å². The molecule has 1 aliphatic rings. The minimum atomic E-state index is -0.239. The molecule has 0 aromatic heterocycles. The Morgan fingerprint density at radius 2 is 1.61 bits per heavy atom. The van der Waals surface area contributed by atoms with E-state index in [1.165, 1.54) is 5.56 Å². The van der Waals surface area contributed by atoms with E-state index in [0.717, 1.165) is 29.7 Å². The van der Waals surface area contributed by atoms with E-state index in [0.29, 0.717) is 17.9 Å². The second-order valence-corrected chi connectivity index (χ2v) is 9.13. The van der Waals surface area contributed by atoms with Crippen LogP contribution in [0.3, 0.4) is 0 Å². The molecule has 1 fully saturated rings. The number of hydrogen-bond acceptors (Lipinski definition) is 4. The molecule has 1 heterocycles. The third-order valence-electron chi connectivity index (χ3n) is 5.59. The molecule has 168 valence electrons. The van der Waals surface area contributed by atoms with Gasteiger partial charge >= 0.3 is 0 Å². The largest absolute Gasteiger partial charge is 0.322 e. The van der Waals surface area contributed by atoms with E-state index in [1.54, 1.807) is 23.9 Å². The smallest absolute Gasteiger partial charge is 0.271 e. The van der Waals surface area contributed by atoms with Gasteiger partial charge in [0.15, 0.2) is 0 Å². The van der Waals surface area contributed by atoms with Gasteiger partial charge in [0.2, 0.25) is 5.91 Å². The molecular weight excluding hydrogens is 430 g/mol. The van der Waals surface area contributed by atoms with Gasteiger partial charge in [0.25, 0.3) is 5.91 Å². The van der Waals surface area contributed by atoms with Gasteiger partial charge in [-0.1, -0.05) is 72.8 Å². The summed E-state index contributed by atoms with van der Waals surface area (Å²) in [7, 11) is 0. The topological polar surface area (TPSA) is 61.8 Å². The molecule has 3 aromatic carbocycles. The second kappa shape index (κ2) is 11.0. The molecule has 4 rings (SSSR count). The Hall–Kier alpha value is -3.38.